The Bertz CT molecular complexity index is 1750. The van der Waals surface area contributed by atoms with Gasteiger partial charge in [0.1, 0.15) is 11.3 Å². The van der Waals surface area contributed by atoms with Crippen LogP contribution in [-0.4, -0.2) is 30.1 Å². The van der Waals surface area contributed by atoms with Crippen LogP contribution in [0.15, 0.2) is 112 Å². The fourth-order valence-electron chi connectivity index (χ4n) is 4.43. The van der Waals surface area contributed by atoms with Gasteiger partial charge in [-0.3, -0.25) is 0 Å². The first-order valence-corrected chi connectivity index (χ1v) is 14.7. The third-order valence-corrected chi connectivity index (χ3v) is 8.32. The fraction of sp³-hybridized carbons (Fsp3) is 0.188. The molecule has 0 spiro atoms. The van der Waals surface area contributed by atoms with Gasteiger partial charge in [0.15, 0.2) is 21.0 Å². The molecule has 41 heavy (non-hydrogen) atoms. The highest BCUT2D eigenvalue weighted by atomic mass is 32.2. The van der Waals surface area contributed by atoms with Crippen molar-refractivity contribution in [3.05, 3.63) is 120 Å². The van der Waals surface area contributed by atoms with E-state index in [2.05, 4.69) is 0 Å². The van der Waals surface area contributed by atoms with Crippen molar-refractivity contribution in [1.29, 1.82) is 0 Å². The summed E-state index contributed by atoms with van der Waals surface area (Å²) in [6.07, 6.45) is 0. The molecular formula is C32H30N2O6S. The largest absolute Gasteiger partial charge is 0.478 e. The maximum absolute atomic E-state index is 13.2. The van der Waals surface area contributed by atoms with E-state index in [4.69, 9.17) is 14.1 Å². The Morgan fingerprint density at radius 2 is 1.56 bits per heavy atom. The molecule has 0 fully saturated rings. The highest BCUT2D eigenvalue weighted by Crippen LogP contribution is 2.28. The fourth-order valence-corrected chi connectivity index (χ4v) is 5.86. The topological polar surface area (TPSA) is 110 Å². The molecule has 4 aromatic carbocycles. The molecule has 1 heterocycles. The minimum Gasteiger partial charge on any atom is -0.478 e. The Morgan fingerprint density at radius 3 is 2.29 bits per heavy atom. The Labute approximate surface area is 238 Å². The Balaban J connectivity index is 1.48. The van der Waals surface area contributed by atoms with Crippen molar-refractivity contribution in [3.8, 4) is 5.75 Å². The second-order valence-corrected chi connectivity index (χ2v) is 12.2. The number of para-hydroxylation sites is 2. The van der Waals surface area contributed by atoms with Gasteiger partial charge >= 0.3 is 5.97 Å². The normalized spacial score (nSPS) is 11.9. The number of nitrogens with zero attached hydrogens (tertiary/aromatic N) is 2. The van der Waals surface area contributed by atoms with E-state index in [9.17, 15) is 18.3 Å². The molecular weight excluding hydrogens is 540 g/mol. The summed E-state index contributed by atoms with van der Waals surface area (Å²) in [6, 6.07) is 30.9. The van der Waals surface area contributed by atoms with Gasteiger partial charge in [0.05, 0.1) is 10.6 Å². The van der Waals surface area contributed by atoms with E-state index in [0.717, 1.165) is 11.1 Å². The monoisotopic (exact) mass is 570 g/mol. The quantitative estimate of drug-likeness (QED) is 0.198. The molecule has 0 aliphatic rings. The van der Waals surface area contributed by atoms with Crippen LogP contribution in [0.25, 0.3) is 11.1 Å². The lowest BCUT2D eigenvalue weighted by Crippen LogP contribution is -2.37. The average molecular weight is 571 g/mol. The smallest absolute Gasteiger partial charge is 0.347 e. The molecule has 0 saturated carbocycles. The Kier molecular flexibility index (Phi) is 7.81. The molecule has 0 bridgehead atoms. The zero-order valence-electron chi connectivity index (χ0n) is 22.7. The number of aliphatic carboxylic acids is 1. The summed E-state index contributed by atoms with van der Waals surface area (Å²) in [5.74, 6) is -0.804. The number of ether oxygens (including phenoxy) is 1. The van der Waals surface area contributed by atoms with Crippen molar-refractivity contribution >= 4 is 32.9 Å². The summed E-state index contributed by atoms with van der Waals surface area (Å²) < 4.78 is 38.3. The summed E-state index contributed by atoms with van der Waals surface area (Å²) in [6.45, 7) is 3.65. The number of carboxylic acids is 1. The first-order valence-electron chi connectivity index (χ1n) is 13.1. The van der Waals surface area contributed by atoms with E-state index >= 15 is 0 Å². The number of benzene rings is 4. The van der Waals surface area contributed by atoms with E-state index in [-0.39, 0.29) is 10.6 Å². The molecule has 0 atom stereocenters. The van der Waals surface area contributed by atoms with E-state index in [1.807, 2.05) is 59.5 Å². The number of aromatic nitrogens is 1. The zero-order chi connectivity index (χ0) is 29.0. The molecule has 0 radical (unpaired) electrons. The zero-order valence-corrected chi connectivity index (χ0v) is 23.5. The van der Waals surface area contributed by atoms with Crippen LogP contribution >= 0.6 is 0 Å². The third-order valence-electron chi connectivity index (χ3n) is 6.64. The highest BCUT2D eigenvalue weighted by molar-refractivity contribution is 7.90. The van der Waals surface area contributed by atoms with Crippen LogP contribution in [0.5, 0.6) is 5.75 Å². The van der Waals surface area contributed by atoms with Gasteiger partial charge < -0.3 is 19.2 Å². The molecule has 0 aliphatic heterocycles. The van der Waals surface area contributed by atoms with Crippen LogP contribution in [0.4, 0.5) is 6.01 Å². The number of fused-ring (bicyclic) bond motifs is 1. The molecule has 0 saturated heterocycles. The number of carboxylic acid groups (broad SMARTS) is 1. The molecule has 1 aromatic heterocycles. The predicted octanol–water partition coefficient (Wildman–Crippen LogP) is 6.25. The van der Waals surface area contributed by atoms with Crippen LogP contribution in [0.3, 0.4) is 0 Å². The second kappa shape index (κ2) is 11.5. The first kappa shape index (κ1) is 27.9. The Hall–Kier alpha value is -4.63. The minimum atomic E-state index is -3.57. The molecule has 1 N–H and O–H groups in total. The standard InChI is InChI=1S/C32H30N2O6S/c1-32(2,30(35)36)40-26-14-10-11-23(19-26)20-34(31-33-28-17-8-9-18-29(28)39-31)21-24-12-6-7-13-25(24)22-41(37,38)27-15-4-3-5-16-27/h3-19H,20-22H2,1-2H3,(H,35,36). The number of rotatable bonds is 11. The van der Waals surface area contributed by atoms with Gasteiger partial charge in [-0.15, -0.1) is 0 Å². The summed E-state index contributed by atoms with van der Waals surface area (Å²) >= 11 is 0. The van der Waals surface area contributed by atoms with Crippen molar-refractivity contribution in [2.45, 2.75) is 43.2 Å². The van der Waals surface area contributed by atoms with Gasteiger partial charge in [0, 0.05) is 13.1 Å². The molecule has 0 aliphatic carbocycles. The van der Waals surface area contributed by atoms with Crippen molar-refractivity contribution in [2.24, 2.45) is 0 Å². The number of carbonyl (C=O) groups is 1. The van der Waals surface area contributed by atoms with E-state index < -0.39 is 21.4 Å². The summed E-state index contributed by atoms with van der Waals surface area (Å²) in [5.41, 5.74) is 2.26. The maximum atomic E-state index is 13.2. The van der Waals surface area contributed by atoms with E-state index in [1.54, 1.807) is 48.5 Å². The van der Waals surface area contributed by atoms with Crippen LogP contribution in [0, 0.1) is 0 Å². The van der Waals surface area contributed by atoms with Crippen LogP contribution in [0.2, 0.25) is 0 Å². The Morgan fingerprint density at radius 1 is 0.878 bits per heavy atom. The van der Waals surface area contributed by atoms with Crippen molar-refractivity contribution in [1.82, 2.24) is 4.98 Å². The molecule has 8 nitrogen and oxygen atoms in total. The highest BCUT2D eigenvalue weighted by Gasteiger charge is 2.29. The van der Waals surface area contributed by atoms with Crippen molar-refractivity contribution < 1.29 is 27.5 Å². The summed E-state index contributed by atoms with van der Waals surface area (Å²) in [5, 5.41) is 9.48. The lowest BCUT2D eigenvalue weighted by atomic mass is 10.1. The van der Waals surface area contributed by atoms with Gasteiger partial charge in [0.25, 0.3) is 6.01 Å². The molecule has 0 amide bonds. The van der Waals surface area contributed by atoms with Gasteiger partial charge in [-0.25, -0.2) is 13.2 Å². The predicted molar refractivity (Wildman–Crippen MR) is 156 cm³/mol. The van der Waals surface area contributed by atoms with Crippen LogP contribution in [0.1, 0.15) is 30.5 Å². The number of hydrogen-bond donors (Lipinski definition) is 1. The van der Waals surface area contributed by atoms with Gasteiger partial charge in [-0.05, 0) is 66.9 Å². The number of sulfone groups is 1. The molecule has 210 valence electrons. The van der Waals surface area contributed by atoms with Crippen molar-refractivity contribution in [3.63, 3.8) is 0 Å². The first-order chi connectivity index (χ1) is 19.6. The lowest BCUT2D eigenvalue weighted by Gasteiger charge is -2.24. The number of hydrogen-bond acceptors (Lipinski definition) is 7. The molecule has 9 heteroatoms. The minimum absolute atomic E-state index is 0.151. The van der Waals surface area contributed by atoms with Crippen LogP contribution in [-0.2, 0) is 33.5 Å². The maximum Gasteiger partial charge on any atom is 0.347 e. The van der Waals surface area contributed by atoms with Gasteiger partial charge in [0.2, 0.25) is 0 Å². The van der Waals surface area contributed by atoms with E-state index in [1.165, 1.54) is 13.8 Å². The molecule has 5 aromatic rings. The SMILES string of the molecule is CC(C)(Oc1cccc(CN(Cc2ccccc2CS(=O)(=O)c2ccccc2)c2nc3ccccc3o2)c1)C(=O)O. The van der Waals surface area contributed by atoms with E-state index in [0.29, 0.717) is 41.5 Å². The lowest BCUT2D eigenvalue weighted by molar-refractivity contribution is -0.152. The number of oxazole rings is 1. The molecule has 5 rings (SSSR count). The second-order valence-electron chi connectivity index (χ2n) is 10.2. The summed E-state index contributed by atoms with van der Waals surface area (Å²) in [4.78, 5) is 18.5. The average Bonchev–Trinajstić information content (AvgIpc) is 3.38. The summed E-state index contributed by atoms with van der Waals surface area (Å²) in [7, 11) is -3.57. The van der Waals surface area contributed by atoms with Gasteiger partial charge in [-0.1, -0.05) is 66.7 Å². The third kappa shape index (κ3) is 6.58. The number of anilines is 1. The van der Waals surface area contributed by atoms with Crippen molar-refractivity contribution in [2.75, 3.05) is 4.90 Å². The van der Waals surface area contributed by atoms with Gasteiger partial charge in [-0.2, -0.15) is 4.98 Å². The van der Waals surface area contributed by atoms with Crippen LogP contribution < -0.4 is 9.64 Å². The molecule has 0 unspecified atom stereocenters.